The number of imidazole rings is 1. The molecule has 1 amide bonds. The van der Waals surface area contributed by atoms with Crippen molar-refractivity contribution in [1.82, 2.24) is 14.5 Å². The Balaban J connectivity index is 1.62. The highest BCUT2D eigenvalue weighted by molar-refractivity contribution is 5.93. The monoisotopic (exact) mass is 381 g/mol. The standard InChI is InChI=1S/C21H23N3O4/c1-13(2)24-16-8-4-3-7-15(16)22-19(24)14-6-5-11-23(12-14)20(25)17-9-10-18(28-17)21(26)27/h3-4,7-10,13-14H,5-6,11-12H2,1-2H3,(H,26,27). The highest BCUT2D eigenvalue weighted by Crippen LogP contribution is 2.32. The second-order valence-electron chi connectivity index (χ2n) is 7.48. The molecule has 1 atom stereocenters. The lowest BCUT2D eigenvalue weighted by atomic mass is 9.96. The predicted molar refractivity (Wildman–Crippen MR) is 104 cm³/mol. The van der Waals surface area contributed by atoms with Crippen molar-refractivity contribution in [3.63, 3.8) is 0 Å². The molecule has 0 saturated carbocycles. The van der Waals surface area contributed by atoms with Crippen LogP contribution in [0.1, 0.15) is 65.6 Å². The average Bonchev–Trinajstić information content (AvgIpc) is 3.32. The van der Waals surface area contributed by atoms with Crippen LogP contribution in [0.2, 0.25) is 0 Å². The van der Waals surface area contributed by atoms with E-state index in [2.05, 4.69) is 24.5 Å². The van der Waals surface area contributed by atoms with Crippen LogP contribution in [-0.2, 0) is 0 Å². The van der Waals surface area contributed by atoms with E-state index in [1.165, 1.54) is 12.1 Å². The van der Waals surface area contributed by atoms with E-state index in [1.54, 1.807) is 4.90 Å². The van der Waals surface area contributed by atoms with Gasteiger partial charge in [-0.15, -0.1) is 0 Å². The minimum absolute atomic E-state index is 0.0652. The Hall–Kier alpha value is -3.09. The minimum atomic E-state index is -1.18. The van der Waals surface area contributed by atoms with E-state index in [1.807, 2.05) is 18.2 Å². The number of carboxylic acid groups (broad SMARTS) is 1. The van der Waals surface area contributed by atoms with Crippen LogP contribution in [0.15, 0.2) is 40.8 Å². The lowest BCUT2D eigenvalue weighted by molar-refractivity contribution is 0.0635. The molecule has 3 aromatic rings. The zero-order valence-electron chi connectivity index (χ0n) is 16.0. The van der Waals surface area contributed by atoms with Gasteiger partial charge >= 0.3 is 5.97 Å². The number of para-hydroxylation sites is 2. The molecule has 1 saturated heterocycles. The second-order valence-corrected chi connectivity index (χ2v) is 7.48. The van der Waals surface area contributed by atoms with Crippen molar-refractivity contribution in [3.8, 4) is 0 Å². The molecule has 0 aliphatic carbocycles. The van der Waals surface area contributed by atoms with Gasteiger partial charge in [0.2, 0.25) is 5.76 Å². The van der Waals surface area contributed by atoms with Crippen molar-refractivity contribution in [2.45, 2.75) is 38.6 Å². The van der Waals surface area contributed by atoms with Gasteiger partial charge in [0.05, 0.1) is 11.0 Å². The lowest BCUT2D eigenvalue weighted by Gasteiger charge is -2.32. The zero-order valence-corrected chi connectivity index (χ0v) is 16.0. The summed E-state index contributed by atoms with van der Waals surface area (Å²) in [6, 6.07) is 11.1. The molecule has 3 heterocycles. The molecule has 1 aliphatic heterocycles. The number of fused-ring (bicyclic) bond motifs is 1. The van der Waals surface area contributed by atoms with Gasteiger partial charge in [-0.1, -0.05) is 12.1 Å². The fourth-order valence-electron chi connectivity index (χ4n) is 3.99. The fourth-order valence-corrected chi connectivity index (χ4v) is 3.99. The van der Waals surface area contributed by atoms with Crippen LogP contribution >= 0.6 is 0 Å². The summed E-state index contributed by atoms with van der Waals surface area (Å²) in [6.07, 6.45) is 1.82. The molecule has 1 fully saturated rings. The van der Waals surface area contributed by atoms with Crippen molar-refractivity contribution in [3.05, 3.63) is 53.7 Å². The van der Waals surface area contributed by atoms with E-state index >= 15 is 0 Å². The molecule has 146 valence electrons. The summed E-state index contributed by atoms with van der Waals surface area (Å²) in [5.74, 6) is -0.486. The number of piperidine rings is 1. The average molecular weight is 381 g/mol. The van der Waals surface area contributed by atoms with Crippen LogP contribution in [0.4, 0.5) is 0 Å². The highest BCUT2D eigenvalue weighted by Gasteiger charge is 2.31. The Morgan fingerprint density at radius 1 is 1.18 bits per heavy atom. The first kappa shape index (κ1) is 18.3. The van der Waals surface area contributed by atoms with Gasteiger partial charge in [-0.05, 0) is 51.0 Å². The van der Waals surface area contributed by atoms with Crippen LogP contribution in [0.3, 0.4) is 0 Å². The molecule has 28 heavy (non-hydrogen) atoms. The highest BCUT2D eigenvalue weighted by atomic mass is 16.4. The molecule has 2 aromatic heterocycles. The molecule has 4 rings (SSSR count). The molecule has 1 N–H and O–H groups in total. The lowest BCUT2D eigenvalue weighted by Crippen LogP contribution is -2.39. The van der Waals surface area contributed by atoms with Crippen molar-refractivity contribution < 1.29 is 19.1 Å². The Morgan fingerprint density at radius 2 is 1.93 bits per heavy atom. The van der Waals surface area contributed by atoms with Crippen molar-refractivity contribution in [2.24, 2.45) is 0 Å². The third-order valence-corrected chi connectivity index (χ3v) is 5.24. The van der Waals surface area contributed by atoms with Gasteiger partial charge < -0.3 is 19.0 Å². The summed E-state index contributed by atoms with van der Waals surface area (Å²) in [7, 11) is 0. The molecular weight excluding hydrogens is 358 g/mol. The molecule has 0 radical (unpaired) electrons. The molecule has 1 aliphatic rings. The van der Waals surface area contributed by atoms with Gasteiger partial charge in [0.1, 0.15) is 5.82 Å². The third kappa shape index (κ3) is 3.17. The number of benzene rings is 1. The van der Waals surface area contributed by atoms with E-state index in [4.69, 9.17) is 14.5 Å². The number of likely N-dealkylation sites (tertiary alicyclic amines) is 1. The number of carbonyl (C=O) groups is 2. The molecule has 7 nitrogen and oxygen atoms in total. The van der Waals surface area contributed by atoms with E-state index in [-0.39, 0.29) is 29.4 Å². The number of carbonyl (C=O) groups excluding carboxylic acids is 1. The summed E-state index contributed by atoms with van der Waals surface area (Å²) < 4.78 is 7.45. The SMILES string of the molecule is CC(C)n1c(C2CCCN(C(=O)c3ccc(C(=O)O)o3)C2)nc2ccccc21. The number of hydrogen-bond acceptors (Lipinski definition) is 4. The van der Waals surface area contributed by atoms with Gasteiger partial charge in [0, 0.05) is 25.0 Å². The summed E-state index contributed by atoms with van der Waals surface area (Å²) in [4.78, 5) is 30.4. The molecule has 0 bridgehead atoms. The van der Waals surface area contributed by atoms with E-state index in [0.29, 0.717) is 13.1 Å². The zero-order chi connectivity index (χ0) is 19.8. The quantitative estimate of drug-likeness (QED) is 0.740. The number of hydrogen-bond donors (Lipinski definition) is 1. The fraction of sp³-hybridized carbons (Fsp3) is 0.381. The molecule has 1 aromatic carbocycles. The Labute approximate surface area is 162 Å². The Kier molecular flexibility index (Phi) is 4.66. The van der Waals surface area contributed by atoms with E-state index in [9.17, 15) is 9.59 Å². The van der Waals surface area contributed by atoms with Crippen molar-refractivity contribution in [2.75, 3.05) is 13.1 Å². The Morgan fingerprint density at radius 3 is 2.64 bits per heavy atom. The number of nitrogens with zero attached hydrogens (tertiary/aromatic N) is 3. The predicted octanol–water partition coefficient (Wildman–Crippen LogP) is 3.93. The summed E-state index contributed by atoms with van der Waals surface area (Å²) in [5, 5.41) is 9.00. The van der Waals surface area contributed by atoms with Gasteiger partial charge in [-0.25, -0.2) is 9.78 Å². The van der Waals surface area contributed by atoms with Crippen LogP contribution in [0.5, 0.6) is 0 Å². The van der Waals surface area contributed by atoms with Crippen LogP contribution in [-0.4, -0.2) is 44.5 Å². The topological polar surface area (TPSA) is 88.6 Å². The second kappa shape index (κ2) is 7.14. The smallest absolute Gasteiger partial charge is 0.371 e. The first-order valence-electron chi connectivity index (χ1n) is 9.55. The molecule has 1 unspecified atom stereocenters. The maximum absolute atomic E-state index is 12.8. The summed E-state index contributed by atoms with van der Waals surface area (Å²) in [6.45, 7) is 5.44. The first-order valence-corrected chi connectivity index (χ1v) is 9.55. The van der Waals surface area contributed by atoms with Crippen LogP contribution < -0.4 is 0 Å². The largest absolute Gasteiger partial charge is 0.475 e. The maximum Gasteiger partial charge on any atom is 0.371 e. The van der Waals surface area contributed by atoms with E-state index in [0.717, 1.165) is 29.7 Å². The van der Waals surface area contributed by atoms with Crippen molar-refractivity contribution >= 4 is 22.9 Å². The maximum atomic E-state index is 12.8. The Bertz CT molecular complexity index is 1030. The van der Waals surface area contributed by atoms with Crippen LogP contribution in [0.25, 0.3) is 11.0 Å². The van der Waals surface area contributed by atoms with Crippen molar-refractivity contribution in [1.29, 1.82) is 0 Å². The van der Waals surface area contributed by atoms with Gasteiger partial charge in [-0.3, -0.25) is 4.79 Å². The first-order chi connectivity index (χ1) is 13.5. The normalized spacial score (nSPS) is 17.4. The number of amides is 1. The van der Waals surface area contributed by atoms with Crippen LogP contribution in [0, 0.1) is 0 Å². The third-order valence-electron chi connectivity index (χ3n) is 5.24. The minimum Gasteiger partial charge on any atom is -0.475 e. The molecular formula is C21H23N3O4. The number of furan rings is 1. The molecule has 7 heteroatoms. The number of aromatic nitrogens is 2. The van der Waals surface area contributed by atoms with E-state index < -0.39 is 5.97 Å². The summed E-state index contributed by atoms with van der Waals surface area (Å²) >= 11 is 0. The number of carboxylic acids is 1. The number of rotatable bonds is 4. The summed E-state index contributed by atoms with van der Waals surface area (Å²) in [5.41, 5.74) is 2.07. The molecule has 0 spiro atoms. The number of aromatic carboxylic acids is 1. The van der Waals surface area contributed by atoms with Gasteiger partial charge in [0.15, 0.2) is 5.76 Å². The van der Waals surface area contributed by atoms with Gasteiger partial charge in [0.25, 0.3) is 5.91 Å². The van der Waals surface area contributed by atoms with Gasteiger partial charge in [-0.2, -0.15) is 0 Å².